The lowest BCUT2D eigenvalue weighted by atomic mass is 9.98. The standard InChI is InChI=1S/C7H13N3O2/c8-9-5-10-3-1-6(2-4-10)7(11)12/h5-6H,1-4,8H2,(H,11,12). The summed E-state index contributed by atoms with van der Waals surface area (Å²) in [5.41, 5.74) is 0. The van der Waals surface area contributed by atoms with Crippen molar-refractivity contribution >= 4 is 12.3 Å². The third kappa shape index (κ3) is 2.11. The molecule has 0 bridgehead atoms. The summed E-state index contributed by atoms with van der Waals surface area (Å²) in [5.74, 6) is 4.08. The van der Waals surface area contributed by atoms with E-state index in [1.165, 1.54) is 0 Å². The molecule has 0 aromatic rings. The first-order valence-corrected chi connectivity index (χ1v) is 3.94. The van der Waals surface area contributed by atoms with Gasteiger partial charge in [-0.05, 0) is 12.8 Å². The van der Waals surface area contributed by atoms with Crippen LogP contribution < -0.4 is 5.84 Å². The van der Waals surface area contributed by atoms with Gasteiger partial charge in [-0.1, -0.05) is 0 Å². The van der Waals surface area contributed by atoms with Crippen molar-refractivity contribution in [2.75, 3.05) is 13.1 Å². The summed E-state index contributed by atoms with van der Waals surface area (Å²) >= 11 is 0. The number of nitrogens with two attached hydrogens (primary N) is 1. The molecule has 5 heteroatoms. The van der Waals surface area contributed by atoms with E-state index in [1.807, 2.05) is 4.90 Å². The van der Waals surface area contributed by atoms with Gasteiger partial charge in [0.1, 0.15) is 6.34 Å². The van der Waals surface area contributed by atoms with E-state index in [-0.39, 0.29) is 5.92 Å². The molecule has 0 aliphatic carbocycles. The molecule has 68 valence electrons. The van der Waals surface area contributed by atoms with Gasteiger partial charge < -0.3 is 15.8 Å². The third-order valence-electron chi connectivity index (χ3n) is 2.11. The van der Waals surface area contributed by atoms with Crippen molar-refractivity contribution in [3.63, 3.8) is 0 Å². The van der Waals surface area contributed by atoms with Crippen molar-refractivity contribution in [3.8, 4) is 0 Å². The number of carboxylic acids is 1. The minimum Gasteiger partial charge on any atom is -0.481 e. The maximum absolute atomic E-state index is 10.5. The Morgan fingerprint density at radius 1 is 1.58 bits per heavy atom. The molecule has 0 aromatic carbocycles. The van der Waals surface area contributed by atoms with Crippen LogP contribution in [0.3, 0.4) is 0 Å². The molecule has 0 amide bonds. The Hall–Kier alpha value is -1.26. The molecule has 1 aliphatic rings. The highest BCUT2D eigenvalue weighted by atomic mass is 16.4. The maximum Gasteiger partial charge on any atom is 0.306 e. The lowest BCUT2D eigenvalue weighted by Crippen LogP contribution is -2.35. The first-order valence-electron chi connectivity index (χ1n) is 3.94. The third-order valence-corrected chi connectivity index (χ3v) is 2.11. The van der Waals surface area contributed by atoms with Crippen LogP contribution in [0.4, 0.5) is 0 Å². The van der Waals surface area contributed by atoms with Gasteiger partial charge in [0.2, 0.25) is 0 Å². The van der Waals surface area contributed by atoms with Crippen LogP contribution in [0, 0.1) is 5.92 Å². The number of hydrazone groups is 1. The van der Waals surface area contributed by atoms with Gasteiger partial charge in [-0.15, -0.1) is 0 Å². The van der Waals surface area contributed by atoms with Crippen molar-refractivity contribution < 1.29 is 9.90 Å². The molecule has 0 saturated carbocycles. The summed E-state index contributed by atoms with van der Waals surface area (Å²) in [6, 6.07) is 0. The molecule has 0 spiro atoms. The molecule has 0 radical (unpaired) electrons. The van der Waals surface area contributed by atoms with E-state index in [9.17, 15) is 4.79 Å². The number of likely N-dealkylation sites (tertiary alicyclic amines) is 1. The van der Waals surface area contributed by atoms with Gasteiger partial charge in [0.25, 0.3) is 0 Å². The zero-order valence-electron chi connectivity index (χ0n) is 6.81. The lowest BCUT2D eigenvalue weighted by Gasteiger charge is -2.27. The SMILES string of the molecule is NN=CN1CCC(C(=O)O)CC1. The highest BCUT2D eigenvalue weighted by Crippen LogP contribution is 2.15. The first kappa shape index (κ1) is 8.83. The molecular weight excluding hydrogens is 158 g/mol. The van der Waals surface area contributed by atoms with Gasteiger partial charge in [-0.2, -0.15) is 5.10 Å². The molecule has 1 heterocycles. The fourth-order valence-corrected chi connectivity index (χ4v) is 1.36. The van der Waals surface area contributed by atoms with Crippen LogP contribution >= 0.6 is 0 Å². The van der Waals surface area contributed by atoms with Gasteiger partial charge in [-0.3, -0.25) is 4.79 Å². The highest BCUT2D eigenvalue weighted by molar-refractivity contribution is 5.70. The second-order valence-electron chi connectivity index (χ2n) is 2.91. The first-order chi connectivity index (χ1) is 5.74. The van der Waals surface area contributed by atoms with Crippen LogP contribution in [0.1, 0.15) is 12.8 Å². The number of hydrogen-bond acceptors (Lipinski definition) is 3. The second-order valence-corrected chi connectivity index (χ2v) is 2.91. The minimum atomic E-state index is -0.695. The largest absolute Gasteiger partial charge is 0.481 e. The summed E-state index contributed by atoms with van der Waals surface area (Å²) in [7, 11) is 0. The van der Waals surface area contributed by atoms with Crippen molar-refractivity contribution in [2.24, 2.45) is 16.9 Å². The van der Waals surface area contributed by atoms with Gasteiger partial charge in [0.15, 0.2) is 0 Å². The van der Waals surface area contributed by atoms with E-state index in [0.717, 1.165) is 13.1 Å². The van der Waals surface area contributed by atoms with E-state index in [0.29, 0.717) is 12.8 Å². The van der Waals surface area contributed by atoms with Crippen LogP contribution in [0.5, 0.6) is 0 Å². The number of nitrogens with zero attached hydrogens (tertiary/aromatic N) is 2. The average molecular weight is 171 g/mol. The predicted molar refractivity (Wildman–Crippen MR) is 44.6 cm³/mol. The quantitative estimate of drug-likeness (QED) is 0.258. The lowest BCUT2D eigenvalue weighted by molar-refractivity contribution is -0.142. The average Bonchev–Trinajstić information content (AvgIpc) is 2.06. The number of carbonyl (C=O) groups is 1. The topological polar surface area (TPSA) is 78.9 Å². The van der Waals surface area contributed by atoms with Gasteiger partial charge in [0.05, 0.1) is 5.92 Å². The number of rotatable bonds is 2. The zero-order valence-corrected chi connectivity index (χ0v) is 6.81. The molecule has 0 atom stereocenters. The molecule has 3 N–H and O–H groups in total. The Balaban J connectivity index is 2.34. The van der Waals surface area contributed by atoms with E-state index < -0.39 is 5.97 Å². The van der Waals surface area contributed by atoms with Crippen LogP contribution in [0.2, 0.25) is 0 Å². The fourth-order valence-electron chi connectivity index (χ4n) is 1.36. The summed E-state index contributed by atoms with van der Waals surface area (Å²) in [5, 5.41) is 12.1. The normalized spacial score (nSPS) is 20.2. The zero-order chi connectivity index (χ0) is 8.97. The monoisotopic (exact) mass is 171 g/mol. The minimum absolute atomic E-state index is 0.188. The summed E-state index contributed by atoms with van der Waals surface area (Å²) in [6.07, 6.45) is 2.92. The Kier molecular flexibility index (Phi) is 2.90. The number of hydrogen-bond donors (Lipinski definition) is 2. The number of piperidine rings is 1. The van der Waals surface area contributed by atoms with Crippen LogP contribution in [0.25, 0.3) is 0 Å². The number of aliphatic carboxylic acids is 1. The molecule has 0 unspecified atom stereocenters. The second kappa shape index (κ2) is 3.94. The van der Waals surface area contributed by atoms with Crippen molar-refractivity contribution in [2.45, 2.75) is 12.8 Å². The molecule has 1 saturated heterocycles. The predicted octanol–water partition coefficient (Wildman–Crippen LogP) is -0.315. The molecule has 0 aromatic heterocycles. The van der Waals surface area contributed by atoms with E-state index in [2.05, 4.69) is 5.10 Å². The summed E-state index contributed by atoms with van der Waals surface area (Å²) in [6.45, 7) is 1.47. The Morgan fingerprint density at radius 3 is 2.58 bits per heavy atom. The van der Waals surface area contributed by atoms with E-state index in [4.69, 9.17) is 10.9 Å². The summed E-state index contributed by atoms with van der Waals surface area (Å²) in [4.78, 5) is 12.5. The fraction of sp³-hybridized carbons (Fsp3) is 0.714. The van der Waals surface area contributed by atoms with Crippen LogP contribution in [0.15, 0.2) is 5.10 Å². The molecule has 1 fully saturated rings. The van der Waals surface area contributed by atoms with Crippen LogP contribution in [-0.2, 0) is 4.79 Å². The Labute approximate surface area is 70.8 Å². The van der Waals surface area contributed by atoms with Gasteiger partial charge in [0, 0.05) is 13.1 Å². The molecule has 1 aliphatic heterocycles. The maximum atomic E-state index is 10.5. The molecule has 1 rings (SSSR count). The molecule has 5 nitrogen and oxygen atoms in total. The van der Waals surface area contributed by atoms with Gasteiger partial charge >= 0.3 is 5.97 Å². The Bertz CT molecular complexity index is 185. The van der Waals surface area contributed by atoms with Crippen molar-refractivity contribution in [3.05, 3.63) is 0 Å². The van der Waals surface area contributed by atoms with Crippen LogP contribution in [-0.4, -0.2) is 35.4 Å². The van der Waals surface area contributed by atoms with E-state index >= 15 is 0 Å². The van der Waals surface area contributed by atoms with Crippen molar-refractivity contribution in [1.29, 1.82) is 0 Å². The highest BCUT2D eigenvalue weighted by Gasteiger charge is 2.22. The van der Waals surface area contributed by atoms with Gasteiger partial charge in [-0.25, -0.2) is 0 Å². The smallest absolute Gasteiger partial charge is 0.306 e. The summed E-state index contributed by atoms with van der Waals surface area (Å²) < 4.78 is 0. The van der Waals surface area contributed by atoms with E-state index in [1.54, 1.807) is 6.34 Å². The molecule has 12 heavy (non-hydrogen) atoms. The van der Waals surface area contributed by atoms with Crippen molar-refractivity contribution in [1.82, 2.24) is 4.90 Å². The molecular formula is C7H13N3O2. The number of carboxylic acid groups (broad SMARTS) is 1. The Morgan fingerprint density at radius 2 is 2.17 bits per heavy atom.